The molecule has 2 aliphatic rings. The molecule has 1 heterocycles. The van der Waals surface area contributed by atoms with Gasteiger partial charge in [0.05, 0.1) is 12.5 Å². The van der Waals surface area contributed by atoms with Crippen LogP contribution < -0.4 is 15.4 Å². The Morgan fingerprint density at radius 3 is 2.50 bits per heavy atom. The SMILES string of the molecule is COc1ccc(C2(C(=O)N[C@H]3CCCNC3)CCC2)cc1.Cl. The van der Waals surface area contributed by atoms with E-state index in [0.717, 1.165) is 56.5 Å². The van der Waals surface area contributed by atoms with Crippen molar-refractivity contribution < 1.29 is 9.53 Å². The van der Waals surface area contributed by atoms with E-state index in [1.165, 1.54) is 0 Å². The Morgan fingerprint density at radius 2 is 2.00 bits per heavy atom. The number of carbonyl (C=O) groups excluding carboxylic acids is 1. The summed E-state index contributed by atoms with van der Waals surface area (Å²) in [5.74, 6) is 1.04. The Bertz CT molecular complexity index is 494. The number of halogens is 1. The van der Waals surface area contributed by atoms with Crippen molar-refractivity contribution in [2.24, 2.45) is 0 Å². The molecule has 3 rings (SSSR count). The molecule has 2 fully saturated rings. The average molecular weight is 325 g/mol. The zero-order valence-electron chi connectivity index (χ0n) is 13.1. The predicted octanol–water partition coefficient (Wildman–Crippen LogP) is 2.41. The van der Waals surface area contributed by atoms with Gasteiger partial charge in [-0.2, -0.15) is 0 Å². The molecule has 122 valence electrons. The lowest BCUT2D eigenvalue weighted by atomic mass is 9.63. The van der Waals surface area contributed by atoms with E-state index in [-0.39, 0.29) is 29.8 Å². The molecule has 1 atom stereocenters. The minimum absolute atomic E-state index is 0. The summed E-state index contributed by atoms with van der Waals surface area (Å²) in [6, 6.07) is 8.25. The minimum atomic E-state index is -0.316. The Kier molecular flexibility index (Phi) is 5.70. The number of hydrogen-bond donors (Lipinski definition) is 2. The highest BCUT2D eigenvalue weighted by molar-refractivity contribution is 5.89. The highest BCUT2D eigenvalue weighted by Gasteiger charge is 2.46. The van der Waals surface area contributed by atoms with Gasteiger partial charge < -0.3 is 15.4 Å². The number of rotatable bonds is 4. The number of ether oxygens (including phenoxy) is 1. The molecule has 1 saturated carbocycles. The first kappa shape index (κ1) is 17.1. The monoisotopic (exact) mass is 324 g/mol. The second-order valence-corrected chi connectivity index (χ2v) is 6.18. The minimum Gasteiger partial charge on any atom is -0.497 e. The van der Waals surface area contributed by atoms with Crippen LogP contribution in [0.25, 0.3) is 0 Å². The fraction of sp³-hybridized carbons (Fsp3) is 0.588. The number of hydrogen-bond acceptors (Lipinski definition) is 3. The molecule has 4 nitrogen and oxygen atoms in total. The lowest BCUT2D eigenvalue weighted by Crippen LogP contribution is -2.55. The van der Waals surface area contributed by atoms with E-state index in [1.807, 2.05) is 24.3 Å². The van der Waals surface area contributed by atoms with Gasteiger partial charge in [0.1, 0.15) is 5.75 Å². The molecule has 5 heteroatoms. The largest absolute Gasteiger partial charge is 0.497 e. The first-order valence-electron chi connectivity index (χ1n) is 7.91. The third-order valence-corrected chi connectivity index (χ3v) is 4.92. The van der Waals surface area contributed by atoms with Crippen LogP contribution in [0.15, 0.2) is 24.3 Å². The van der Waals surface area contributed by atoms with Gasteiger partial charge in [0.15, 0.2) is 0 Å². The van der Waals surface area contributed by atoms with Crippen molar-refractivity contribution in [2.75, 3.05) is 20.2 Å². The molecule has 1 aromatic rings. The topological polar surface area (TPSA) is 50.4 Å². The van der Waals surface area contributed by atoms with Crippen molar-refractivity contribution in [3.8, 4) is 5.75 Å². The fourth-order valence-corrected chi connectivity index (χ4v) is 3.39. The van der Waals surface area contributed by atoms with Crippen molar-refractivity contribution in [3.63, 3.8) is 0 Å². The first-order valence-corrected chi connectivity index (χ1v) is 7.91. The fourth-order valence-electron chi connectivity index (χ4n) is 3.39. The van der Waals surface area contributed by atoms with Crippen molar-refractivity contribution >= 4 is 18.3 Å². The summed E-state index contributed by atoms with van der Waals surface area (Å²) in [6.07, 6.45) is 5.25. The van der Waals surface area contributed by atoms with Crippen LogP contribution >= 0.6 is 12.4 Å². The van der Waals surface area contributed by atoms with Gasteiger partial charge >= 0.3 is 0 Å². The van der Waals surface area contributed by atoms with E-state index < -0.39 is 0 Å². The van der Waals surface area contributed by atoms with Gasteiger partial charge in [-0.1, -0.05) is 18.6 Å². The van der Waals surface area contributed by atoms with Crippen LogP contribution in [-0.4, -0.2) is 32.1 Å². The molecule has 1 aromatic carbocycles. The normalized spacial score (nSPS) is 22.9. The molecule has 22 heavy (non-hydrogen) atoms. The van der Waals surface area contributed by atoms with Gasteiger partial charge in [0, 0.05) is 12.6 Å². The molecule has 1 aliphatic carbocycles. The van der Waals surface area contributed by atoms with Gasteiger partial charge in [-0.15, -0.1) is 12.4 Å². The molecule has 2 N–H and O–H groups in total. The zero-order chi connectivity index (χ0) is 14.7. The number of benzene rings is 1. The molecule has 0 bridgehead atoms. The van der Waals surface area contributed by atoms with Crippen LogP contribution in [0.1, 0.15) is 37.7 Å². The molecule has 0 unspecified atom stereocenters. The summed E-state index contributed by atoms with van der Waals surface area (Å²) < 4.78 is 5.21. The highest BCUT2D eigenvalue weighted by Crippen LogP contribution is 2.44. The van der Waals surface area contributed by atoms with E-state index in [4.69, 9.17) is 4.74 Å². The molecular weight excluding hydrogens is 300 g/mol. The van der Waals surface area contributed by atoms with Crippen molar-refractivity contribution in [2.45, 2.75) is 43.6 Å². The standard InChI is InChI=1S/C17H24N2O2.ClH/c1-21-15-7-5-13(6-8-15)17(9-3-10-17)16(20)19-14-4-2-11-18-12-14;/h5-8,14,18H,2-4,9-12H2,1H3,(H,19,20);1H/t14-;/m0./s1. The highest BCUT2D eigenvalue weighted by atomic mass is 35.5. The van der Waals surface area contributed by atoms with Crippen LogP contribution in [-0.2, 0) is 10.2 Å². The summed E-state index contributed by atoms with van der Waals surface area (Å²) in [5, 5.41) is 6.61. The van der Waals surface area contributed by atoms with E-state index in [0.29, 0.717) is 0 Å². The molecule has 1 aliphatic heterocycles. The van der Waals surface area contributed by atoms with Crippen LogP contribution in [0.5, 0.6) is 5.75 Å². The first-order chi connectivity index (χ1) is 10.2. The van der Waals surface area contributed by atoms with Crippen LogP contribution in [0.3, 0.4) is 0 Å². The van der Waals surface area contributed by atoms with Gasteiger partial charge in [0.2, 0.25) is 5.91 Å². The van der Waals surface area contributed by atoms with Crippen molar-refractivity contribution in [1.29, 1.82) is 0 Å². The van der Waals surface area contributed by atoms with Crippen LogP contribution in [0.2, 0.25) is 0 Å². The number of methoxy groups -OCH3 is 1. The quantitative estimate of drug-likeness (QED) is 0.894. The number of piperidine rings is 1. The molecule has 0 aromatic heterocycles. The number of carbonyl (C=O) groups is 1. The van der Waals surface area contributed by atoms with Crippen molar-refractivity contribution in [3.05, 3.63) is 29.8 Å². The maximum atomic E-state index is 12.8. The van der Waals surface area contributed by atoms with Crippen LogP contribution in [0.4, 0.5) is 0 Å². The van der Waals surface area contributed by atoms with Gasteiger partial charge in [-0.3, -0.25) is 4.79 Å². The third-order valence-electron chi connectivity index (χ3n) is 4.92. The molecular formula is C17H25ClN2O2. The number of amides is 1. The molecule has 1 amide bonds. The summed E-state index contributed by atoms with van der Waals surface area (Å²) in [6.45, 7) is 1.96. The van der Waals surface area contributed by atoms with Crippen LogP contribution in [0, 0.1) is 0 Å². The summed E-state index contributed by atoms with van der Waals surface area (Å²) in [7, 11) is 1.66. The van der Waals surface area contributed by atoms with E-state index in [2.05, 4.69) is 10.6 Å². The summed E-state index contributed by atoms with van der Waals surface area (Å²) in [5.41, 5.74) is 0.805. The summed E-state index contributed by atoms with van der Waals surface area (Å²) in [4.78, 5) is 12.8. The third kappa shape index (κ3) is 3.23. The summed E-state index contributed by atoms with van der Waals surface area (Å²) >= 11 is 0. The Labute approximate surface area is 138 Å². The zero-order valence-corrected chi connectivity index (χ0v) is 13.9. The van der Waals surface area contributed by atoms with E-state index in [1.54, 1.807) is 7.11 Å². The maximum Gasteiger partial charge on any atom is 0.230 e. The van der Waals surface area contributed by atoms with Gasteiger partial charge in [-0.25, -0.2) is 0 Å². The lowest BCUT2D eigenvalue weighted by Gasteiger charge is -2.42. The Balaban J connectivity index is 0.00000176. The van der Waals surface area contributed by atoms with Crippen molar-refractivity contribution in [1.82, 2.24) is 10.6 Å². The number of nitrogens with one attached hydrogen (secondary N) is 2. The Hall–Kier alpha value is -1.26. The maximum absolute atomic E-state index is 12.8. The average Bonchev–Trinajstić information content (AvgIpc) is 2.48. The lowest BCUT2D eigenvalue weighted by molar-refractivity contribution is -0.130. The molecule has 0 spiro atoms. The van der Waals surface area contributed by atoms with Gasteiger partial charge in [-0.05, 0) is 49.9 Å². The second-order valence-electron chi connectivity index (χ2n) is 6.18. The Morgan fingerprint density at radius 1 is 1.27 bits per heavy atom. The molecule has 0 radical (unpaired) electrons. The van der Waals surface area contributed by atoms with E-state index in [9.17, 15) is 4.79 Å². The van der Waals surface area contributed by atoms with E-state index >= 15 is 0 Å². The second kappa shape index (κ2) is 7.34. The van der Waals surface area contributed by atoms with Gasteiger partial charge in [0.25, 0.3) is 0 Å². The molecule has 1 saturated heterocycles. The predicted molar refractivity (Wildman–Crippen MR) is 89.8 cm³/mol. The smallest absolute Gasteiger partial charge is 0.230 e.